The number of hydrogen-bond acceptors (Lipinski definition) is 3. The molecule has 0 aromatic heterocycles. The van der Waals surface area contributed by atoms with Crippen LogP contribution in [0, 0.1) is 29.1 Å². The third-order valence-electron chi connectivity index (χ3n) is 2.31. The number of esters is 1. The molecule has 3 nitrogen and oxygen atoms in total. The topological polar surface area (TPSA) is 52.3 Å². The lowest BCUT2D eigenvalue weighted by Gasteiger charge is -2.14. The van der Waals surface area contributed by atoms with Gasteiger partial charge in [-0.3, -0.25) is 4.79 Å². The summed E-state index contributed by atoms with van der Waals surface area (Å²) in [6.07, 6.45) is -0.702. The Morgan fingerprint density at radius 2 is 1.45 bits per heavy atom. The lowest BCUT2D eigenvalue weighted by Crippen LogP contribution is -2.22. The fourth-order valence-corrected chi connectivity index (χ4v) is 1.45. The Labute approximate surface area is 117 Å². The molecule has 1 aromatic rings. The Balaban J connectivity index is 0.00000361. The molecule has 20 heavy (non-hydrogen) atoms. The molecule has 9 heteroatoms. The van der Waals surface area contributed by atoms with Crippen LogP contribution >= 0.6 is 12.4 Å². The molecular formula is C11H11ClF5NO2. The first-order valence-electron chi connectivity index (χ1n) is 5.23. The lowest BCUT2D eigenvalue weighted by molar-refractivity contribution is -0.143. The normalized spacial score (nSPS) is 11.8. The summed E-state index contributed by atoms with van der Waals surface area (Å²) in [6.45, 7) is 1.49. The first kappa shape index (κ1) is 18.6. The third kappa shape index (κ3) is 3.57. The van der Waals surface area contributed by atoms with Crippen molar-refractivity contribution in [3.8, 4) is 0 Å². The van der Waals surface area contributed by atoms with Gasteiger partial charge in [-0.2, -0.15) is 0 Å². The van der Waals surface area contributed by atoms with Crippen molar-refractivity contribution >= 4 is 18.4 Å². The molecule has 2 N–H and O–H groups in total. The van der Waals surface area contributed by atoms with Crippen LogP contribution in [0.15, 0.2) is 0 Å². The Morgan fingerprint density at radius 1 is 1.05 bits per heavy atom. The average molecular weight is 320 g/mol. The highest BCUT2D eigenvalue weighted by atomic mass is 35.5. The molecule has 114 valence electrons. The summed E-state index contributed by atoms with van der Waals surface area (Å²) in [6, 6.07) is -1.69. The van der Waals surface area contributed by atoms with Gasteiger partial charge < -0.3 is 10.5 Å². The zero-order valence-electron chi connectivity index (χ0n) is 10.2. The van der Waals surface area contributed by atoms with E-state index in [4.69, 9.17) is 5.73 Å². The first-order valence-corrected chi connectivity index (χ1v) is 5.23. The van der Waals surface area contributed by atoms with Crippen molar-refractivity contribution < 1.29 is 31.5 Å². The number of rotatable bonds is 4. The summed E-state index contributed by atoms with van der Waals surface area (Å²) in [5.41, 5.74) is 4.05. The number of ether oxygens (including phenoxy) is 1. The van der Waals surface area contributed by atoms with E-state index in [1.165, 1.54) is 6.92 Å². The van der Waals surface area contributed by atoms with Crippen molar-refractivity contribution in [2.45, 2.75) is 19.4 Å². The van der Waals surface area contributed by atoms with Crippen LogP contribution in [0.4, 0.5) is 22.0 Å². The minimum Gasteiger partial charge on any atom is -0.466 e. The first-order chi connectivity index (χ1) is 8.81. The number of carbonyl (C=O) groups is 1. The van der Waals surface area contributed by atoms with Crippen LogP contribution in [0.2, 0.25) is 0 Å². The van der Waals surface area contributed by atoms with Gasteiger partial charge in [-0.25, -0.2) is 22.0 Å². The van der Waals surface area contributed by atoms with E-state index in [1.807, 2.05) is 0 Å². The van der Waals surface area contributed by atoms with Crippen molar-refractivity contribution in [3.05, 3.63) is 34.6 Å². The maximum atomic E-state index is 13.3. The summed E-state index contributed by atoms with van der Waals surface area (Å²) in [7, 11) is 0. The predicted molar refractivity (Wildman–Crippen MR) is 61.7 cm³/mol. The van der Waals surface area contributed by atoms with Crippen LogP contribution in [-0.4, -0.2) is 12.6 Å². The van der Waals surface area contributed by atoms with Crippen LogP contribution in [0.3, 0.4) is 0 Å². The summed E-state index contributed by atoms with van der Waals surface area (Å²) in [4.78, 5) is 11.1. The smallest absolute Gasteiger partial charge is 0.307 e. The Hall–Kier alpha value is -1.41. The van der Waals surface area contributed by atoms with Gasteiger partial charge in [-0.05, 0) is 6.92 Å². The predicted octanol–water partition coefficient (Wildman–Crippen LogP) is 2.76. The molecule has 0 amide bonds. The molecule has 1 rings (SSSR count). The number of nitrogens with two attached hydrogens (primary N) is 1. The summed E-state index contributed by atoms with van der Waals surface area (Å²) < 4.78 is 69.8. The molecule has 0 spiro atoms. The number of benzene rings is 1. The monoisotopic (exact) mass is 319 g/mol. The molecule has 0 radical (unpaired) electrons. The Morgan fingerprint density at radius 3 is 1.85 bits per heavy atom. The van der Waals surface area contributed by atoms with Crippen molar-refractivity contribution in [1.82, 2.24) is 0 Å². The van der Waals surface area contributed by atoms with Crippen LogP contribution in [-0.2, 0) is 9.53 Å². The zero-order valence-corrected chi connectivity index (χ0v) is 11.0. The Kier molecular flexibility index (Phi) is 6.87. The molecule has 0 aliphatic heterocycles. The second-order valence-electron chi connectivity index (χ2n) is 3.60. The van der Waals surface area contributed by atoms with Crippen LogP contribution in [0.25, 0.3) is 0 Å². The highest BCUT2D eigenvalue weighted by Gasteiger charge is 2.29. The molecule has 0 saturated carbocycles. The largest absolute Gasteiger partial charge is 0.466 e. The van der Waals surface area contributed by atoms with Gasteiger partial charge in [0.05, 0.1) is 13.0 Å². The van der Waals surface area contributed by atoms with Crippen molar-refractivity contribution in [2.75, 3.05) is 6.61 Å². The van der Waals surface area contributed by atoms with Crippen molar-refractivity contribution in [2.24, 2.45) is 5.73 Å². The molecule has 1 atom stereocenters. The van der Waals surface area contributed by atoms with Crippen LogP contribution in [0.1, 0.15) is 24.9 Å². The quantitative estimate of drug-likeness (QED) is 0.402. The minimum absolute atomic E-state index is 0. The number of hydrogen-bond donors (Lipinski definition) is 1. The van der Waals surface area contributed by atoms with E-state index in [9.17, 15) is 26.7 Å². The van der Waals surface area contributed by atoms with E-state index in [0.29, 0.717) is 0 Å². The molecule has 0 bridgehead atoms. The van der Waals surface area contributed by atoms with Crippen LogP contribution in [0.5, 0.6) is 0 Å². The lowest BCUT2D eigenvalue weighted by atomic mass is 10.0. The van der Waals surface area contributed by atoms with Gasteiger partial charge in [0.2, 0.25) is 5.82 Å². The van der Waals surface area contributed by atoms with E-state index < -0.39 is 53.1 Å². The van der Waals surface area contributed by atoms with Crippen LogP contribution < -0.4 is 5.73 Å². The summed E-state index contributed by atoms with van der Waals surface area (Å²) in [5, 5.41) is 0. The number of carbonyl (C=O) groups excluding carboxylic acids is 1. The fraction of sp³-hybridized carbons (Fsp3) is 0.364. The summed E-state index contributed by atoms with van der Waals surface area (Å²) >= 11 is 0. The average Bonchev–Trinajstić information content (AvgIpc) is 2.34. The van der Waals surface area contributed by atoms with Crippen molar-refractivity contribution in [3.63, 3.8) is 0 Å². The van der Waals surface area contributed by atoms with Gasteiger partial charge in [0.1, 0.15) is 0 Å². The Bertz CT molecular complexity index is 483. The maximum absolute atomic E-state index is 13.3. The molecule has 0 heterocycles. The SMILES string of the molecule is CCOC(=O)C[C@H](N)c1c(F)c(F)c(F)c(F)c1F.Cl. The van der Waals surface area contributed by atoms with Gasteiger partial charge in [-0.1, -0.05) is 0 Å². The van der Waals surface area contributed by atoms with E-state index in [0.717, 1.165) is 0 Å². The van der Waals surface area contributed by atoms with Gasteiger partial charge in [0.15, 0.2) is 23.3 Å². The second kappa shape index (κ2) is 7.39. The highest BCUT2D eigenvalue weighted by Crippen LogP contribution is 2.28. The van der Waals surface area contributed by atoms with E-state index >= 15 is 0 Å². The maximum Gasteiger partial charge on any atom is 0.307 e. The van der Waals surface area contributed by atoms with E-state index in [-0.39, 0.29) is 19.0 Å². The standard InChI is InChI=1S/C11H10F5NO2.ClH/c1-2-19-5(18)3-4(17)6-7(12)9(14)11(16)10(15)8(6)13;/h4H,2-3,17H2,1H3;1H/t4-;/m0./s1. The van der Waals surface area contributed by atoms with E-state index in [2.05, 4.69) is 4.74 Å². The molecule has 0 saturated heterocycles. The highest BCUT2D eigenvalue weighted by molar-refractivity contribution is 5.85. The molecule has 1 aromatic carbocycles. The van der Waals surface area contributed by atoms with Gasteiger partial charge in [0.25, 0.3) is 0 Å². The minimum atomic E-state index is -2.28. The molecule has 0 aliphatic rings. The molecule has 0 aliphatic carbocycles. The van der Waals surface area contributed by atoms with E-state index in [1.54, 1.807) is 0 Å². The number of halogens is 6. The van der Waals surface area contributed by atoms with Gasteiger partial charge in [-0.15, -0.1) is 12.4 Å². The third-order valence-corrected chi connectivity index (χ3v) is 2.31. The molecule has 0 unspecified atom stereocenters. The molecular weight excluding hydrogens is 309 g/mol. The zero-order chi connectivity index (χ0) is 14.7. The second-order valence-corrected chi connectivity index (χ2v) is 3.60. The van der Waals surface area contributed by atoms with Crippen molar-refractivity contribution in [1.29, 1.82) is 0 Å². The van der Waals surface area contributed by atoms with Gasteiger partial charge in [0, 0.05) is 11.6 Å². The fourth-order valence-electron chi connectivity index (χ4n) is 1.45. The molecule has 0 fully saturated rings. The van der Waals surface area contributed by atoms with Gasteiger partial charge >= 0.3 is 5.97 Å². The summed E-state index contributed by atoms with van der Waals surface area (Å²) in [5.74, 6) is -11.5.